The summed E-state index contributed by atoms with van der Waals surface area (Å²) >= 11 is 0. The normalized spacial score (nSPS) is 19.1. The van der Waals surface area contributed by atoms with E-state index in [0.717, 1.165) is 10.9 Å². The molecule has 3 rings (SSSR count). The highest BCUT2D eigenvalue weighted by Crippen LogP contribution is 2.21. The van der Waals surface area contributed by atoms with E-state index in [0.29, 0.717) is 18.4 Å². The van der Waals surface area contributed by atoms with Gasteiger partial charge in [-0.3, -0.25) is 14.4 Å². The number of aliphatic carboxylic acids is 1. The first kappa shape index (κ1) is 26.1. The van der Waals surface area contributed by atoms with Crippen molar-refractivity contribution in [2.75, 3.05) is 13.2 Å². The number of para-hydroxylation sites is 1. The van der Waals surface area contributed by atoms with Crippen molar-refractivity contribution < 1.29 is 34.5 Å². The molecule has 1 aromatic heterocycles. The molecule has 1 saturated heterocycles. The number of fused-ring (bicyclic) bond motifs is 1. The smallest absolute Gasteiger partial charge is 0.328 e. The van der Waals surface area contributed by atoms with Gasteiger partial charge in [0, 0.05) is 30.1 Å². The number of likely N-dealkylation sites (tertiary alicyclic amines) is 1. The van der Waals surface area contributed by atoms with E-state index in [1.54, 1.807) is 6.20 Å². The molecule has 8 N–H and O–H groups in total. The lowest BCUT2D eigenvalue weighted by Gasteiger charge is -2.29. The van der Waals surface area contributed by atoms with Crippen LogP contribution in [0.4, 0.5) is 0 Å². The summed E-state index contributed by atoms with van der Waals surface area (Å²) in [5.74, 6) is -3.37. The summed E-state index contributed by atoms with van der Waals surface area (Å²) in [6.45, 7) is 0.842. The van der Waals surface area contributed by atoms with Crippen LogP contribution in [0.3, 0.4) is 0 Å². The molecule has 12 nitrogen and oxygen atoms in total. The van der Waals surface area contributed by atoms with Crippen molar-refractivity contribution in [3.63, 3.8) is 0 Å². The maximum atomic E-state index is 13.2. The Morgan fingerprint density at radius 2 is 1.91 bits per heavy atom. The van der Waals surface area contributed by atoms with Crippen LogP contribution in [0, 0.1) is 0 Å². The van der Waals surface area contributed by atoms with Crippen LogP contribution in [0.25, 0.3) is 10.9 Å². The standard InChI is InChI=1S/C23H31N5O7/c1-12(30)19(24)22(33)28-8-4-7-18(28)21(32)26-16(20(31)27-17(11-29)23(34)35)9-13-10-25-15-6-3-2-5-14(13)15/h2-3,5-6,10,12,16-19,25,29-30H,4,7-9,11,24H2,1H3,(H,26,32)(H,27,31)(H,34,35). The van der Waals surface area contributed by atoms with Crippen LogP contribution in [-0.2, 0) is 25.6 Å². The minimum Gasteiger partial charge on any atom is -0.480 e. The number of nitrogens with one attached hydrogen (secondary N) is 3. The quantitative estimate of drug-likeness (QED) is 0.208. The van der Waals surface area contributed by atoms with Gasteiger partial charge < -0.3 is 41.6 Å². The van der Waals surface area contributed by atoms with Crippen LogP contribution >= 0.6 is 0 Å². The predicted octanol–water partition coefficient (Wildman–Crippen LogP) is -1.54. The molecule has 0 bridgehead atoms. The van der Waals surface area contributed by atoms with Gasteiger partial charge in [0.25, 0.3) is 0 Å². The maximum Gasteiger partial charge on any atom is 0.328 e. The summed E-state index contributed by atoms with van der Waals surface area (Å²) in [5, 5.41) is 33.9. The summed E-state index contributed by atoms with van der Waals surface area (Å²) in [4.78, 5) is 54.5. The first-order valence-corrected chi connectivity index (χ1v) is 11.4. The van der Waals surface area contributed by atoms with E-state index in [9.17, 15) is 34.5 Å². The maximum absolute atomic E-state index is 13.2. The van der Waals surface area contributed by atoms with Crippen LogP contribution in [0.2, 0.25) is 0 Å². The predicted molar refractivity (Wildman–Crippen MR) is 125 cm³/mol. The third kappa shape index (κ3) is 5.96. The molecule has 0 spiro atoms. The number of nitrogens with zero attached hydrogens (tertiary/aromatic N) is 1. The lowest BCUT2D eigenvalue weighted by molar-refractivity contribution is -0.144. The third-order valence-corrected chi connectivity index (χ3v) is 6.17. The highest BCUT2D eigenvalue weighted by atomic mass is 16.4. The molecule has 0 aliphatic carbocycles. The molecule has 1 aliphatic heterocycles. The van der Waals surface area contributed by atoms with E-state index in [1.165, 1.54) is 11.8 Å². The van der Waals surface area contributed by atoms with Gasteiger partial charge in [-0.1, -0.05) is 18.2 Å². The van der Waals surface area contributed by atoms with Gasteiger partial charge in [0.1, 0.15) is 24.2 Å². The van der Waals surface area contributed by atoms with Crippen LogP contribution in [-0.4, -0.2) is 92.3 Å². The van der Waals surface area contributed by atoms with Gasteiger partial charge in [-0.15, -0.1) is 0 Å². The SMILES string of the molecule is CC(O)C(N)C(=O)N1CCCC1C(=O)NC(Cc1c[nH]c2ccccc12)C(=O)NC(CO)C(=O)O. The zero-order chi connectivity index (χ0) is 25.7. The van der Waals surface area contributed by atoms with Crippen molar-refractivity contribution in [1.29, 1.82) is 0 Å². The van der Waals surface area contributed by atoms with Crippen LogP contribution in [0.1, 0.15) is 25.3 Å². The number of H-pyrrole nitrogens is 1. The Balaban J connectivity index is 1.82. The van der Waals surface area contributed by atoms with Crippen LogP contribution < -0.4 is 16.4 Å². The number of amides is 3. The highest BCUT2D eigenvalue weighted by molar-refractivity contribution is 5.95. The number of carbonyl (C=O) groups excluding carboxylic acids is 3. The number of aliphatic hydroxyl groups is 2. The fourth-order valence-corrected chi connectivity index (χ4v) is 4.16. The molecule has 2 heterocycles. The molecule has 1 fully saturated rings. The van der Waals surface area contributed by atoms with Crippen molar-refractivity contribution in [3.05, 3.63) is 36.0 Å². The molecule has 12 heteroatoms. The summed E-state index contributed by atoms with van der Waals surface area (Å²) in [6.07, 6.45) is 1.53. The number of hydrogen-bond donors (Lipinski definition) is 7. The molecule has 5 unspecified atom stereocenters. The minimum absolute atomic E-state index is 0.0349. The van der Waals surface area contributed by atoms with E-state index in [-0.39, 0.29) is 13.0 Å². The van der Waals surface area contributed by atoms with Gasteiger partial charge in [-0.2, -0.15) is 0 Å². The molecule has 1 aromatic carbocycles. The molecular formula is C23H31N5O7. The number of aromatic amines is 1. The summed E-state index contributed by atoms with van der Waals surface area (Å²) < 4.78 is 0. The number of hydrogen-bond acceptors (Lipinski definition) is 7. The largest absolute Gasteiger partial charge is 0.480 e. The Bertz CT molecular complexity index is 1090. The fraction of sp³-hybridized carbons (Fsp3) is 0.478. The van der Waals surface area contributed by atoms with Gasteiger partial charge in [-0.05, 0) is 31.4 Å². The van der Waals surface area contributed by atoms with Crippen LogP contribution in [0.15, 0.2) is 30.5 Å². The Hall–Kier alpha value is -3.48. The highest BCUT2D eigenvalue weighted by Gasteiger charge is 2.39. The number of carbonyl (C=O) groups is 4. The number of aromatic nitrogens is 1. The molecule has 5 atom stereocenters. The zero-order valence-corrected chi connectivity index (χ0v) is 19.3. The number of rotatable bonds is 10. The number of carboxylic acids is 1. The summed E-state index contributed by atoms with van der Waals surface area (Å²) in [7, 11) is 0. The average Bonchev–Trinajstić information content (AvgIpc) is 3.48. The second-order valence-electron chi connectivity index (χ2n) is 8.66. The number of benzene rings is 1. The number of nitrogens with two attached hydrogens (primary N) is 1. The lowest BCUT2D eigenvalue weighted by atomic mass is 10.0. The molecule has 0 saturated carbocycles. The average molecular weight is 490 g/mol. The summed E-state index contributed by atoms with van der Waals surface area (Å²) in [5.41, 5.74) is 7.31. The van der Waals surface area contributed by atoms with Crippen molar-refractivity contribution in [2.24, 2.45) is 5.73 Å². The molecule has 3 amide bonds. The third-order valence-electron chi connectivity index (χ3n) is 6.17. The zero-order valence-electron chi connectivity index (χ0n) is 19.3. The van der Waals surface area contributed by atoms with Gasteiger partial charge in [0.2, 0.25) is 17.7 Å². The molecule has 35 heavy (non-hydrogen) atoms. The van der Waals surface area contributed by atoms with Crippen molar-refractivity contribution in [2.45, 2.75) is 56.5 Å². The van der Waals surface area contributed by atoms with E-state index in [1.807, 2.05) is 24.3 Å². The Morgan fingerprint density at radius 1 is 1.20 bits per heavy atom. The summed E-state index contributed by atoms with van der Waals surface area (Å²) in [6, 6.07) is 2.57. The fourth-order valence-electron chi connectivity index (χ4n) is 4.16. The van der Waals surface area contributed by atoms with Crippen molar-refractivity contribution in [3.8, 4) is 0 Å². The van der Waals surface area contributed by atoms with Crippen molar-refractivity contribution in [1.82, 2.24) is 20.5 Å². The first-order chi connectivity index (χ1) is 16.6. The second-order valence-corrected chi connectivity index (χ2v) is 8.66. The molecular weight excluding hydrogens is 458 g/mol. The molecule has 0 radical (unpaired) electrons. The minimum atomic E-state index is -1.54. The Morgan fingerprint density at radius 3 is 2.57 bits per heavy atom. The first-order valence-electron chi connectivity index (χ1n) is 11.4. The van der Waals surface area contributed by atoms with E-state index in [4.69, 9.17) is 5.73 Å². The topological polar surface area (TPSA) is 198 Å². The lowest BCUT2D eigenvalue weighted by Crippen LogP contribution is -2.58. The van der Waals surface area contributed by atoms with Gasteiger partial charge >= 0.3 is 5.97 Å². The van der Waals surface area contributed by atoms with Crippen LogP contribution in [0.5, 0.6) is 0 Å². The number of aliphatic hydroxyl groups excluding tert-OH is 2. The van der Waals surface area contributed by atoms with Gasteiger partial charge in [-0.25, -0.2) is 4.79 Å². The molecule has 2 aromatic rings. The van der Waals surface area contributed by atoms with E-state index in [2.05, 4.69) is 15.6 Å². The van der Waals surface area contributed by atoms with E-state index < -0.39 is 60.6 Å². The van der Waals surface area contributed by atoms with Gasteiger partial charge in [0.15, 0.2) is 0 Å². The Labute approximate surface area is 201 Å². The second kappa shape index (κ2) is 11.3. The molecule has 190 valence electrons. The van der Waals surface area contributed by atoms with Crippen molar-refractivity contribution >= 4 is 34.6 Å². The van der Waals surface area contributed by atoms with Gasteiger partial charge in [0.05, 0.1) is 12.7 Å². The number of carboxylic acid groups (broad SMARTS) is 1. The monoisotopic (exact) mass is 489 g/mol. The molecule has 1 aliphatic rings. The van der Waals surface area contributed by atoms with E-state index >= 15 is 0 Å². The Kier molecular flexibility index (Phi) is 8.43.